The predicted octanol–water partition coefficient (Wildman–Crippen LogP) is 2.71. The van der Waals surface area contributed by atoms with E-state index in [1.807, 2.05) is 13.8 Å². The normalized spacial score (nSPS) is 17.7. The third-order valence-electron chi connectivity index (χ3n) is 3.30. The van der Waals surface area contributed by atoms with E-state index in [2.05, 4.69) is 30.6 Å². The van der Waals surface area contributed by atoms with E-state index in [4.69, 9.17) is 4.74 Å². The number of hydrogen-bond acceptors (Lipinski definition) is 3. The van der Waals surface area contributed by atoms with Crippen molar-refractivity contribution in [3.8, 4) is 0 Å². The summed E-state index contributed by atoms with van der Waals surface area (Å²) >= 11 is 0. The molecule has 1 rings (SSSR count). The summed E-state index contributed by atoms with van der Waals surface area (Å²) in [5, 5.41) is 0. The Labute approximate surface area is 114 Å². The van der Waals surface area contributed by atoms with Crippen molar-refractivity contribution in [3.63, 3.8) is 0 Å². The monoisotopic (exact) mass is 258 g/mol. The van der Waals surface area contributed by atoms with E-state index >= 15 is 0 Å². The van der Waals surface area contributed by atoms with Gasteiger partial charge in [-0.15, -0.1) is 0 Å². The van der Waals surface area contributed by atoms with Gasteiger partial charge in [0.2, 0.25) is 0 Å². The Kier molecular flexibility index (Phi) is 11.9. The number of ether oxygens (including phenoxy) is 1. The van der Waals surface area contributed by atoms with Gasteiger partial charge in [-0.25, -0.2) is 0 Å². The fourth-order valence-corrected chi connectivity index (χ4v) is 1.94. The summed E-state index contributed by atoms with van der Waals surface area (Å²) in [4.78, 5) is 5.03. The number of nitrogens with zero attached hydrogens (tertiary/aromatic N) is 2. The summed E-state index contributed by atoms with van der Waals surface area (Å²) in [6.45, 7) is 19.7. The Hall–Kier alpha value is -0.120. The Morgan fingerprint density at radius 3 is 2.00 bits per heavy atom. The van der Waals surface area contributed by atoms with Crippen LogP contribution in [0.3, 0.4) is 0 Å². The molecule has 0 aliphatic carbocycles. The van der Waals surface area contributed by atoms with Gasteiger partial charge in [-0.2, -0.15) is 0 Å². The smallest absolute Gasteiger partial charge is 0.0593 e. The minimum absolute atomic E-state index is 0.757. The van der Waals surface area contributed by atoms with Gasteiger partial charge in [0.1, 0.15) is 0 Å². The molecule has 1 aliphatic rings. The molecule has 1 fully saturated rings. The molecule has 0 saturated carbocycles. The third-order valence-corrected chi connectivity index (χ3v) is 3.30. The Morgan fingerprint density at radius 1 is 0.944 bits per heavy atom. The van der Waals surface area contributed by atoms with Crippen LogP contribution in [-0.4, -0.2) is 62.3 Å². The van der Waals surface area contributed by atoms with Gasteiger partial charge in [-0.1, -0.05) is 34.6 Å². The van der Waals surface area contributed by atoms with Crippen LogP contribution in [0.2, 0.25) is 0 Å². The molecule has 0 aromatic heterocycles. The molecule has 1 saturated heterocycles. The van der Waals surface area contributed by atoms with Gasteiger partial charge in [0.05, 0.1) is 6.61 Å². The molecular formula is C15H34N2O. The lowest BCUT2D eigenvalue weighted by Crippen LogP contribution is -2.47. The van der Waals surface area contributed by atoms with Crippen molar-refractivity contribution in [2.45, 2.75) is 41.0 Å². The highest BCUT2D eigenvalue weighted by Crippen LogP contribution is 2.02. The highest BCUT2D eigenvalue weighted by Gasteiger charge is 2.14. The minimum atomic E-state index is 0.757. The van der Waals surface area contributed by atoms with E-state index in [0.29, 0.717) is 0 Å². The van der Waals surface area contributed by atoms with E-state index < -0.39 is 0 Å². The summed E-state index contributed by atoms with van der Waals surface area (Å²) in [5.74, 6) is 0.757. The third kappa shape index (κ3) is 8.90. The van der Waals surface area contributed by atoms with Crippen LogP contribution in [0, 0.1) is 5.92 Å². The van der Waals surface area contributed by atoms with Gasteiger partial charge in [-0.05, 0) is 18.9 Å². The van der Waals surface area contributed by atoms with Crippen molar-refractivity contribution < 1.29 is 4.74 Å². The maximum absolute atomic E-state index is 5.65. The van der Waals surface area contributed by atoms with Crippen LogP contribution in [0.25, 0.3) is 0 Å². The first-order valence-electron chi connectivity index (χ1n) is 7.74. The fourth-order valence-electron chi connectivity index (χ4n) is 1.94. The number of piperazine rings is 1. The van der Waals surface area contributed by atoms with Gasteiger partial charge in [-0.3, -0.25) is 4.90 Å². The highest BCUT2D eigenvalue weighted by atomic mass is 16.5. The van der Waals surface area contributed by atoms with Crippen LogP contribution in [0.5, 0.6) is 0 Å². The standard InChI is InChI=1S/C13H28N2O.C2H6/c1-4-14-6-8-15(9-7-14)10-12-16-11-5-13(2)3;1-2/h13H,4-12H2,1-3H3;1-2H3. The largest absolute Gasteiger partial charge is 0.380 e. The quantitative estimate of drug-likeness (QED) is 0.653. The summed E-state index contributed by atoms with van der Waals surface area (Å²) in [6, 6.07) is 0. The molecular weight excluding hydrogens is 224 g/mol. The molecule has 110 valence electrons. The Balaban J connectivity index is 0.00000137. The van der Waals surface area contributed by atoms with Gasteiger partial charge in [0.15, 0.2) is 0 Å². The first kappa shape index (κ1) is 17.9. The first-order valence-corrected chi connectivity index (χ1v) is 7.74. The Bertz CT molecular complexity index is 166. The number of hydrogen-bond donors (Lipinski definition) is 0. The lowest BCUT2D eigenvalue weighted by molar-refractivity contribution is 0.0727. The number of likely N-dealkylation sites (N-methyl/N-ethyl adjacent to an activating group) is 1. The van der Waals surface area contributed by atoms with Crippen molar-refractivity contribution in [1.29, 1.82) is 0 Å². The lowest BCUT2D eigenvalue weighted by atomic mass is 10.1. The van der Waals surface area contributed by atoms with Crippen LogP contribution in [0.15, 0.2) is 0 Å². The molecule has 18 heavy (non-hydrogen) atoms. The molecule has 0 radical (unpaired) electrons. The average molecular weight is 258 g/mol. The molecule has 0 amide bonds. The molecule has 0 bridgehead atoms. The van der Waals surface area contributed by atoms with Crippen molar-refractivity contribution in [2.75, 3.05) is 52.5 Å². The molecule has 0 atom stereocenters. The van der Waals surface area contributed by atoms with Gasteiger partial charge >= 0.3 is 0 Å². The molecule has 3 heteroatoms. The maximum Gasteiger partial charge on any atom is 0.0593 e. The van der Waals surface area contributed by atoms with Crippen molar-refractivity contribution >= 4 is 0 Å². The van der Waals surface area contributed by atoms with Gasteiger partial charge in [0, 0.05) is 39.3 Å². The van der Waals surface area contributed by atoms with Crippen molar-refractivity contribution in [2.24, 2.45) is 5.92 Å². The van der Waals surface area contributed by atoms with E-state index in [1.165, 1.54) is 39.1 Å². The molecule has 0 aromatic rings. The average Bonchev–Trinajstić information content (AvgIpc) is 2.41. The van der Waals surface area contributed by atoms with E-state index in [0.717, 1.165) is 25.7 Å². The van der Waals surface area contributed by atoms with E-state index in [-0.39, 0.29) is 0 Å². The molecule has 0 unspecified atom stereocenters. The zero-order valence-electron chi connectivity index (χ0n) is 13.2. The van der Waals surface area contributed by atoms with E-state index in [9.17, 15) is 0 Å². The molecule has 0 spiro atoms. The fraction of sp³-hybridized carbons (Fsp3) is 1.00. The summed E-state index contributed by atoms with van der Waals surface area (Å²) in [7, 11) is 0. The SMILES string of the molecule is CC.CCN1CCN(CCOCCC(C)C)CC1. The van der Waals surface area contributed by atoms with Gasteiger partial charge in [0.25, 0.3) is 0 Å². The van der Waals surface area contributed by atoms with Crippen molar-refractivity contribution in [1.82, 2.24) is 9.80 Å². The highest BCUT2D eigenvalue weighted by molar-refractivity contribution is 4.70. The Morgan fingerprint density at radius 2 is 1.50 bits per heavy atom. The summed E-state index contributed by atoms with van der Waals surface area (Å²) in [5.41, 5.74) is 0. The topological polar surface area (TPSA) is 15.7 Å². The van der Waals surface area contributed by atoms with Crippen LogP contribution in [0.4, 0.5) is 0 Å². The summed E-state index contributed by atoms with van der Waals surface area (Å²) < 4.78 is 5.65. The zero-order chi connectivity index (χ0) is 13.8. The van der Waals surface area contributed by atoms with Crippen LogP contribution >= 0.6 is 0 Å². The van der Waals surface area contributed by atoms with Crippen LogP contribution in [0.1, 0.15) is 41.0 Å². The first-order chi connectivity index (χ1) is 8.72. The molecule has 1 aliphatic heterocycles. The molecule has 0 aromatic carbocycles. The molecule has 1 heterocycles. The van der Waals surface area contributed by atoms with Crippen LogP contribution < -0.4 is 0 Å². The second-order valence-electron chi connectivity index (χ2n) is 5.07. The zero-order valence-corrected chi connectivity index (χ0v) is 13.2. The second kappa shape index (κ2) is 11.9. The predicted molar refractivity (Wildman–Crippen MR) is 80.2 cm³/mol. The van der Waals surface area contributed by atoms with Crippen molar-refractivity contribution in [3.05, 3.63) is 0 Å². The second-order valence-corrected chi connectivity index (χ2v) is 5.07. The van der Waals surface area contributed by atoms with Gasteiger partial charge < -0.3 is 9.64 Å². The molecule has 3 nitrogen and oxygen atoms in total. The molecule has 0 N–H and O–H groups in total. The van der Waals surface area contributed by atoms with Crippen LogP contribution in [-0.2, 0) is 4.74 Å². The lowest BCUT2D eigenvalue weighted by Gasteiger charge is -2.33. The summed E-state index contributed by atoms with van der Waals surface area (Å²) in [6.07, 6.45) is 1.18. The van der Waals surface area contributed by atoms with E-state index in [1.54, 1.807) is 0 Å². The minimum Gasteiger partial charge on any atom is -0.380 e. The number of rotatable bonds is 7. The maximum atomic E-state index is 5.65.